The number of nitrogens with zero attached hydrogens (tertiary/aromatic N) is 2. The fraction of sp³-hybridized carbons (Fsp3) is 0.257. The Labute approximate surface area is 311 Å². The third-order valence-corrected chi connectivity index (χ3v) is 9.98. The lowest BCUT2D eigenvalue weighted by molar-refractivity contribution is -0.143. The van der Waals surface area contributed by atoms with Gasteiger partial charge in [-0.25, -0.2) is 14.6 Å². The van der Waals surface area contributed by atoms with E-state index in [4.69, 9.17) is 18.9 Å². The molecular weight excluding hydrogens is 848 g/mol. The molecule has 1 atom stereocenters. The first kappa shape index (κ1) is 36.6. The van der Waals surface area contributed by atoms with Crippen LogP contribution in [0.3, 0.4) is 0 Å². The number of carbonyl (C=O) groups excluding carboxylic acids is 2. The van der Waals surface area contributed by atoms with Gasteiger partial charge in [0, 0.05) is 4.47 Å². The van der Waals surface area contributed by atoms with E-state index < -0.39 is 18.0 Å². The zero-order chi connectivity index (χ0) is 35.2. The van der Waals surface area contributed by atoms with Crippen LogP contribution in [0.1, 0.15) is 43.5 Å². The molecule has 5 rings (SSSR count). The molecule has 0 N–H and O–H groups in total. The van der Waals surface area contributed by atoms with Crippen LogP contribution in [0.2, 0.25) is 0 Å². The summed E-state index contributed by atoms with van der Waals surface area (Å²) in [7, 11) is 1.27. The van der Waals surface area contributed by atoms with Gasteiger partial charge in [-0.3, -0.25) is 9.36 Å². The molecule has 0 saturated carbocycles. The number of methoxy groups -OCH3 is 1. The second-order valence-corrected chi connectivity index (χ2v) is 14.2. The molecule has 14 heteroatoms. The van der Waals surface area contributed by atoms with Gasteiger partial charge in [0.1, 0.15) is 12.4 Å². The summed E-state index contributed by atoms with van der Waals surface area (Å²) in [5.41, 5.74) is 2.63. The minimum Gasteiger partial charge on any atom is -0.490 e. The molecule has 0 bridgehead atoms. The Balaban J connectivity index is 1.56. The topological polar surface area (TPSA) is 115 Å². The number of hydrogen-bond donors (Lipinski definition) is 0. The summed E-state index contributed by atoms with van der Waals surface area (Å²) >= 11 is 11.9. The number of benzene rings is 3. The smallest absolute Gasteiger partial charge is 0.343 e. The van der Waals surface area contributed by atoms with Crippen LogP contribution in [0.4, 0.5) is 0 Å². The molecule has 0 radical (unpaired) electrons. The largest absolute Gasteiger partial charge is 0.490 e. The monoisotopic (exact) mass is 876 g/mol. The van der Waals surface area contributed by atoms with Gasteiger partial charge in [0.2, 0.25) is 0 Å². The average molecular weight is 879 g/mol. The second-order valence-electron chi connectivity index (χ2n) is 10.5. The number of aromatic nitrogens is 1. The van der Waals surface area contributed by atoms with Crippen molar-refractivity contribution in [3.63, 3.8) is 0 Å². The summed E-state index contributed by atoms with van der Waals surface area (Å²) in [6, 6.07) is 15.8. The van der Waals surface area contributed by atoms with Crippen molar-refractivity contribution in [1.82, 2.24) is 4.57 Å². The van der Waals surface area contributed by atoms with Crippen molar-refractivity contribution < 1.29 is 33.3 Å². The minimum atomic E-state index is -0.876. The van der Waals surface area contributed by atoms with Crippen LogP contribution in [0, 0.1) is 0 Å². The molecule has 3 aromatic carbocycles. The third-order valence-electron chi connectivity index (χ3n) is 7.29. The molecule has 4 aromatic rings. The normalized spacial score (nSPS) is 14.2. The van der Waals surface area contributed by atoms with Crippen molar-refractivity contribution >= 4 is 77.1 Å². The van der Waals surface area contributed by atoms with E-state index in [0.717, 1.165) is 15.6 Å². The van der Waals surface area contributed by atoms with Crippen molar-refractivity contribution in [2.24, 2.45) is 4.99 Å². The van der Waals surface area contributed by atoms with Gasteiger partial charge in [-0.1, -0.05) is 45.5 Å². The summed E-state index contributed by atoms with van der Waals surface area (Å²) in [4.78, 5) is 44.4. The van der Waals surface area contributed by atoms with E-state index in [0.29, 0.717) is 60.0 Å². The van der Waals surface area contributed by atoms with E-state index in [1.54, 1.807) is 38.1 Å². The summed E-state index contributed by atoms with van der Waals surface area (Å²) < 4.78 is 32.0. The van der Waals surface area contributed by atoms with E-state index in [-0.39, 0.29) is 24.3 Å². The molecular formula is C35H31Br3N2O8S. The quantitative estimate of drug-likeness (QED) is 0.146. The van der Waals surface area contributed by atoms with Gasteiger partial charge in [0.05, 0.1) is 51.1 Å². The molecule has 0 fully saturated rings. The Morgan fingerprint density at radius 1 is 0.939 bits per heavy atom. The molecule has 0 unspecified atom stereocenters. The van der Waals surface area contributed by atoms with Gasteiger partial charge in [-0.05, 0) is 112 Å². The number of esters is 2. The number of rotatable bonds is 12. The summed E-state index contributed by atoms with van der Waals surface area (Å²) in [6.45, 7) is 5.74. The molecule has 1 aliphatic heterocycles. The van der Waals surface area contributed by atoms with Crippen LogP contribution in [0.15, 0.2) is 89.1 Å². The number of thiazole rings is 1. The Morgan fingerprint density at radius 3 is 2.31 bits per heavy atom. The van der Waals surface area contributed by atoms with E-state index in [2.05, 4.69) is 57.5 Å². The predicted octanol–water partition coefficient (Wildman–Crippen LogP) is 6.62. The highest BCUT2D eigenvalue weighted by molar-refractivity contribution is 9.11. The van der Waals surface area contributed by atoms with Gasteiger partial charge in [0.15, 0.2) is 22.9 Å². The molecule has 0 amide bonds. The van der Waals surface area contributed by atoms with Gasteiger partial charge in [-0.15, -0.1) is 0 Å². The van der Waals surface area contributed by atoms with Gasteiger partial charge in [-0.2, -0.15) is 0 Å². The van der Waals surface area contributed by atoms with E-state index in [1.165, 1.54) is 23.0 Å². The Bertz CT molecular complexity index is 2090. The van der Waals surface area contributed by atoms with E-state index in [1.807, 2.05) is 43.3 Å². The number of halogens is 3. The van der Waals surface area contributed by atoms with Crippen molar-refractivity contribution in [2.75, 3.05) is 26.9 Å². The van der Waals surface area contributed by atoms with Crippen LogP contribution in [0.5, 0.6) is 17.2 Å². The molecule has 1 aliphatic rings. The van der Waals surface area contributed by atoms with Crippen molar-refractivity contribution in [3.8, 4) is 17.2 Å². The maximum absolute atomic E-state index is 14.2. The summed E-state index contributed by atoms with van der Waals surface area (Å²) in [5, 5.41) is 0. The van der Waals surface area contributed by atoms with Gasteiger partial charge >= 0.3 is 11.9 Å². The van der Waals surface area contributed by atoms with Crippen molar-refractivity contribution in [1.29, 1.82) is 0 Å². The lowest BCUT2D eigenvalue weighted by atomic mass is 9.95. The van der Waals surface area contributed by atoms with E-state index in [9.17, 15) is 14.4 Å². The average Bonchev–Trinajstić information content (AvgIpc) is 3.37. The van der Waals surface area contributed by atoms with Crippen LogP contribution in [-0.4, -0.2) is 43.4 Å². The first-order chi connectivity index (χ1) is 23.5. The summed E-state index contributed by atoms with van der Waals surface area (Å²) in [5.74, 6) is 0.131. The Kier molecular flexibility index (Phi) is 12.2. The second kappa shape index (κ2) is 16.3. The Hall–Kier alpha value is -3.72. The number of ether oxygens (including phenoxy) is 5. The zero-order valence-corrected chi connectivity index (χ0v) is 32.5. The third kappa shape index (κ3) is 8.36. The van der Waals surface area contributed by atoms with Crippen LogP contribution < -0.4 is 29.1 Å². The summed E-state index contributed by atoms with van der Waals surface area (Å²) in [6.07, 6.45) is 1.77. The van der Waals surface area contributed by atoms with Gasteiger partial charge < -0.3 is 23.7 Å². The van der Waals surface area contributed by atoms with Gasteiger partial charge in [0.25, 0.3) is 5.56 Å². The molecule has 10 nitrogen and oxygen atoms in total. The number of allylic oxidation sites excluding steroid dienone is 1. The molecule has 0 spiro atoms. The highest BCUT2D eigenvalue weighted by Crippen LogP contribution is 2.37. The first-order valence-corrected chi connectivity index (χ1v) is 18.3. The standard InChI is InChI=1S/C35H31Br3N2O8S/c1-5-45-27-16-22(9-12-26(27)47-18-29(41)44-4)31-30(34(43)46-6-2)19(3)39-35-40(31)33(42)28(49-35)15-21-13-24(37)32(25(38)14-21)48-17-20-7-10-23(36)11-8-20/h7-16,31H,5-6,17-18H2,1-4H3/b28-15-/t31-/m1/s1. The minimum absolute atomic E-state index is 0.143. The fourth-order valence-corrected chi connectivity index (χ4v) is 7.83. The molecule has 1 aromatic heterocycles. The SMILES string of the molecule is CCOC(=O)C1=C(C)N=c2s/c(=C\c3cc(Br)c(OCc4ccc(Br)cc4)c(Br)c3)c(=O)n2[C@@H]1c1ccc(OCC(=O)OC)c(OCC)c1. The molecule has 0 saturated heterocycles. The highest BCUT2D eigenvalue weighted by atomic mass is 79.9. The number of hydrogen-bond acceptors (Lipinski definition) is 10. The van der Waals surface area contributed by atoms with E-state index >= 15 is 0 Å². The first-order valence-electron chi connectivity index (χ1n) is 15.1. The lowest BCUT2D eigenvalue weighted by Crippen LogP contribution is -2.40. The van der Waals surface area contributed by atoms with Crippen LogP contribution in [0.25, 0.3) is 6.08 Å². The highest BCUT2D eigenvalue weighted by Gasteiger charge is 2.34. The molecule has 49 heavy (non-hydrogen) atoms. The van der Waals surface area contributed by atoms with Crippen molar-refractivity contribution in [2.45, 2.75) is 33.4 Å². The Morgan fingerprint density at radius 2 is 1.65 bits per heavy atom. The molecule has 2 heterocycles. The van der Waals surface area contributed by atoms with Crippen molar-refractivity contribution in [3.05, 3.63) is 116 Å². The maximum atomic E-state index is 14.2. The number of carbonyl (C=O) groups is 2. The predicted molar refractivity (Wildman–Crippen MR) is 196 cm³/mol. The zero-order valence-electron chi connectivity index (χ0n) is 26.9. The molecule has 0 aliphatic carbocycles. The van der Waals surface area contributed by atoms with Crippen LogP contribution >= 0.6 is 59.1 Å². The maximum Gasteiger partial charge on any atom is 0.343 e. The fourth-order valence-electron chi connectivity index (χ4n) is 5.07. The lowest BCUT2D eigenvalue weighted by Gasteiger charge is -2.25. The van der Waals surface area contributed by atoms with Crippen LogP contribution in [-0.2, 0) is 25.7 Å². The molecule has 256 valence electrons. The number of fused-ring (bicyclic) bond motifs is 1.